The summed E-state index contributed by atoms with van der Waals surface area (Å²) >= 11 is 0. The molecule has 1 saturated heterocycles. The second kappa shape index (κ2) is 5.58. The molecule has 1 aliphatic rings. The van der Waals surface area contributed by atoms with Gasteiger partial charge in [-0.2, -0.15) is 0 Å². The summed E-state index contributed by atoms with van der Waals surface area (Å²) in [7, 11) is 0. The molecule has 1 fully saturated rings. The lowest BCUT2D eigenvalue weighted by Crippen LogP contribution is -2.40. The van der Waals surface area contributed by atoms with Crippen LogP contribution in [0.2, 0.25) is 0 Å². The molecule has 13 heavy (non-hydrogen) atoms. The van der Waals surface area contributed by atoms with Gasteiger partial charge in [-0.3, -0.25) is 0 Å². The SMILES string of the molecule is CCNC(CCO)C1CCC(C)O1. The van der Waals surface area contributed by atoms with Gasteiger partial charge in [0.05, 0.1) is 12.2 Å². The average Bonchev–Trinajstić information content (AvgIpc) is 2.51. The van der Waals surface area contributed by atoms with Crippen LogP contribution in [-0.4, -0.2) is 36.5 Å². The normalized spacial score (nSPS) is 30.7. The fourth-order valence-electron chi connectivity index (χ4n) is 1.95. The van der Waals surface area contributed by atoms with Crippen LogP contribution in [0.15, 0.2) is 0 Å². The predicted octanol–water partition coefficient (Wildman–Crippen LogP) is 0.914. The Balaban J connectivity index is 2.35. The van der Waals surface area contributed by atoms with Gasteiger partial charge in [0.15, 0.2) is 0 Å². The zero-order valence-electron chi connectivity index (χ0n) is 8.62. The fraction of sp³-hybridized carbons (Fsp3) is 1.00. The van der Waals surface area contributed by atoms with Crippen molar-refractivity contribution >= 4 is 0 Å². The summed E-state index contributed by atoms with van der Waals surface area (Å²) in [6, 6.07) is 0.333. The zero-order valence-corrected chi connectivity index (χ0v) is 8.62. The highest BCUT2D eigenvalue weighted by Crippen LogP contribution is 2.22. The molecule has 0 radical (unpaired) electrons. The molecule has 2 N–H and O–H groups in total. The van der Waals surface area contributed by atoms with Crippen molar-refractivity contribution in [1.29, 1.82) is 0 Å². The third kappa shape index (κ3) is 3.25. The van der Waals surface area contributed by atoms with Crippen molar-refractivity contribution < 1.29 is 9.84 Å². The number of aliphatic hydroxyl groups is 1. The molecule has 3 nitrogen and oxygen atoms in total. The number of likely N-dealkylation sites (N-methyl/N-ethyl adjacent to an activating group) is 1. The third-order valence-electron chi connectivity index (χ3n) is 2.62. The summed E-state index contributed by atoms with van der Waals surface area (Å²) < 4.78 is 5.75. The maximum absolute atomic E-state index is 8.89. The van der Waals surface area contributed by atoms with Crippen molar-refractivity contribution in [3.63, 3.8) is 0 Å². The lowest BCUT2D eigenvalue weighted by atomic mass is 10.0. The maximum atomic E-state index is 8.89. The first-order chi connectivity index (χ1) is 6.27. The Labute approximate surface area is 80.5 Å². The van der Waals surface area contributed by atoms with Gasteiger partial charge in [-0.05, 0) is 32.7 Å². The molecule has 78 valence electrons. The Morgan fingerprint density at radius 3 is 2.77 bits per heavy atom. The van der Waals surface area contributed by atoms with E-state index in [0.717, 1.165) is 25.8 Å². The van der Waals surface area contributed by atoms with Crippen molar-refractivity contribution in [2.75, 3.05) is 13.2 Å². The van der Waals surface area contributed by atoms with Gasteiger partial charge in [0, 0.05) is 12.6 Å². The second-order valence-electron chi connectivity index (χ2n) is 3.74. The number of hydrogen-bond donors (Lipinski definition) is 2. The molecule has 0 aromatic rings. The monoisotopic (exact) mass is 187 g/mol. The van der Waals surface area contributed by atoms with Gasteiger partial charge in [0.1, 0.15) is 0 Å². The van der Waals surface area contributed by atoms with E-state index >= 15 is 0 Å². The Kier molecular flexibility index (Phi) is 4.70. The van der Waals surface area contributed by atoms with Gasteiger partial charge in [-0.25, -0.2) is 0 Å². The Morgan fingerprint density at radius 2 is 2.31 bits per heavy atom. The molecule has 0 aromatic heterocycles. The van der Waals surface area contributed by atoms with E-state index in [0.29, 0.717) is 18.2 Å². The van der Waals surface area contributed by atoms with Gasteiger partial charge in [0.25, 0.3) is 0 Å². The van der Waals surface area contributed by atoms with E-state index in [1.807, 2.05) is 0 Å². The minimum absolute atomic E-state index is 0.242. The smallest absolute Gasteiger partial charge is 0.0733 e. The summed E-state index contributed by atoms with van der Waals surface area (Å²) in [5.41, 5.74) is 0. The summed E-state index contributed by atoms with van der Waals surface area (Å²) in [6.45, 7) is 5.38. The predicted molar refractivity (Wildman–Crippen MR) is 52.7 cm³/mol. The quantitative estimate of drug-likeness (QED) is 0.672. The molecule has 1 rings (SSSR count). The van der Waals surface area contributed by atoms with Crippen LogP contribution in [0.4, 0.5) is 0 Å². The van der Waals surface area contributed by atoms with Gasteiger partial charge in [-0.15, -0.1) is 0 Å². The van der Waals surface area contributed by atoms with Crippen LogP contribution >= 0.6 is 0 Å². The Hall–Kier alpha value is -0.120. The van der Waals surface area contributed by atoms with Gasteiger partial charge >= 0.3 is 0 Å². The molecule has 0 bridgehead atoms. The number of nitrogens with one attached hydrogen (secondary N) is 1. The van der Waals surface area contributed by atoms with E-state index < -0.39 is 0 Å². The largest absolute Gasteiger partial charge is 0.396 e. The van der Waals surface area contributed by atoms with Crippen molar-refractivity contribution in [3.05, 3.63) is 0 Å². The fourth-order valence-corrected chi connectivity index (χ4v) is 1.95. The first-order valence-electron chi connectivity index (χ1n) is 5.27. The molecule has 3 heteroatoms. The molecular weight excluding hydrogens is 166 g/mol. The lowest BCUT2D eigenvalue weighted by molar-refractivity contribution is 0.0265. The van der Waals surface area contributed by atoms with E-state index in [9.17, 15) is 0 Å². The second-order valence-corrected chi connectivity index (χ2v) is 3.74. The van der Waals surface area contributed by atoms with Crippen LogP contribution in [0.25, 0.3) is 0 Å². The Morgan fingerprint density at radius 1 is 1.54 bits per heavy atom. The first-order valence-corrected chi connectivity index (χ1v) is 5.27. The molecule has 0 aromatic carbocycles. The summed E-state index contributed by atoms with van der Waals surface area (Å²) in [6.07, 6.45) is 3.77. The van der Waals surface area contributed by atoms with Gasteiger partial charge in [-0.1, -0.05) is 6.92 Å². The van der Waals surface area contributed by atoms with Crippen LogP contribution in [0.1, 0.15) is 33.1 Å². The molecule has 0 spiro atoms. The topological polar surface area (TPSA) is 41.5 Å². The highest BCUT2D eigenvalue weighted by atomic mass is 16.5. The zero-order chi connectivity index (χ0) is 9.68. The van der Waals surface area contributed by atoms with Crippen molar-refractivity contribution in [1.82, 2.24) is 5.32 Å². The van der Waals surface area contributed by atoms with E-state index in [4.69, 9.17) is 9.84 Å². The Bertz CT molecular complexity index is 135. The molecule has 1 heterocycles. The van der Waals surface area contributed by atoms with Crippen LogP contribution in [-0.2, 0) is 4.74 Å². The molecular formula is C10H21NO2. The van der Waals surface area contributed by atoms with Gasteiger partial charge in [0.2, 0.25) is 0 Å². The van der Waals surface area contributed by atoms with Gasteiger partial charge < -0.3 is 15.2 Å². The molecule has 0 amide bonds. The van der Waals surface area contributed by atoms with Crippen LogP contribution in [0.5, 0.6) is 0 Å². The average molecular weight is 187 g/mol. The van der Waals surface area contributed by atoms with Crippen molar-refractivity contribution in [2.24, 2.45) is 0 Å². The summed E-state index contributed by atoms with van der Waals surface area (Å²) in [5, 5.41) is 12.3. The highest BCUT2D eigenvalue weighted by molar-refractivity contribution is 4.82. The van der Waals surface area contributed by atoms with Crippen LogP contribution in [0, 0.1) is 0 Å². The highest BCUT2D eigenvalue weighted by Gasteiger charge is 2.28. The third-order valence-corrected chi connectivity index (χ3v) is 2.62. The molecule has 0 saturated carbocycles. The molecule has 1 aliphatic heterocycles. The minimum atomic E-state index is 0.242. The van der Waals surface area contributed by atoms with Crippen LogP contribution < -0.4 is 5.32 Å². The number of ether oxygens (including phenoxy) is 1. The lowest BCUT2D eigenvalue weighted by Gasteiger charge is -2.23. The minimum Gasteiger partial charge on any atom is -0.396 e. The van der Waals surface area contributed by atoms with Crippen molar-refractivity contribution in [2.45, 2.75) is 51.4 Å². The first kappa shape index (κ1) is 11.0. The number of aliphatic hydroxyl groups excluding tert-OH is 1. The molecule has 3 atom stereocenters. The van der Waals surface area contributed by atoms with E-state index in [1.165, 1.54) is 0 Å². The maximum Gasteiger partial charge on any atom is 0.0733 e. The standard InChI is InChI=1S/C10H21NO2/c1-3-11-9(6-7-12)10-5-4-8(2)13-10/h8-12H,3-7H2,1-2H3. The molecule has 3 unspecified atom stereocenters. The molecule has 0 aliphatic carbocycles. The summed E-state index contributed by atoms with van der Waals surface area (Å²) in [5.74, 6) is 0. The van der Waals surface area contributed by atoms with E-state index in [2.05, 4.69) is 19.2 Å². The summed E-state index contributed by atoms with van der Waals surface area (Å²) in [4.78, 5) is 0. The number of rotatable bonds is 5. The van der Waals surface area contributed by atoms with E-state index in [-0.39, 0.29) is 6.61 Å². The van der Waals surface area contributed by atoms with Crippen molar-refractivity contribution in [3.8, 4) is 0 Å². The number of hydrogen-bond acceptors (Lipinski definition) is 3. The van der Waals surface area contributed by atoms with E-state index in [1.54, 1.807) is 0 Å². The van der Waals surface area contributed by atoms with Crippen LogP contribution in [0.3, 0.4) is 0 Å².